The summed E-state index contributed by atoms with van der Waals surface area (Å²) >= 11 is 0. The van der Waals surface area contributed by atoms with E-state index < -0.39 is 0 Å². The molecular formula is C19H34O3. The third kappa shape index (κ3) is 7.26. The van der Waals surface area contributed by atoms with E-state index in [-0.39, 0.29) is 0 Å². The van der Waals surface area contributed by atoms with Crippen LogP contribution >= 0.6 is 0 Å². The summed E-state index contributed by atoms with van der Waals surface area (Å²) in [7, 11) is 0. The van der Waals surface area contributed by atoms with Crippen molar-refractivity contribution in [3.05, 3.63) is 12.7 Å². The number of hydrogen-bond acceptors (Lipinski definition) is 3. The molecule has 0 aromatic heterocycles. The summed E-state index contributed by atoms with van der Waals surface area (Å²) < 4.78 is 16.7. The van der Waals surface area contributed by atoms with Crippen LogP contribution in [0.2, 0.25) is 0 Å². The molecule has 4 atom stereocenters. The lowest BCUT2D eigenvalue weighted by Gasteiger charge is -2.26. The third-order valence-corrected chi connectivity index (χ3v) is 5.13. The largest absolute Gasteiger partial charge is 0.378 e. The zero-order valence-electron chi connectivity index (χ0n) is 14.3. The van der Waals surface area contributed by atoms with Gasteiger partial charge in [-0.25, -0.2) is 0 Å². The Labute approximate surface area is 136 Å². The Morgan fingerprint density at radius 3 is 2.73 bits per heavy atom. The predicted molar refractivity (Wildman–Crippen MR) is 90.0 cm³/mol. The SMILES string of the molecule is C=CCOCCC1CCCCCC(COCC2CO2)CC1C. The molecule has 3 nitrogen and oxygen atoms in total. The molecule has 0 bridgehead atoms. The maximum atomic E-state index is 5.87. The van der Waals surface area contributed by atoms with Crippen LogP contribution in [0.25, 0.3) is 0 Å². The van der Waals surface area contributed by atoms with E-state index in [1.807, 2.05) is 6.08 Å². The first-order valence-electron chi connectivity index (χ1n) is 9.17. The normalized spacial score (nSPS) is 32.8. The first kappa shape index (κ1) is 18.0. The van der Waals surface area contributed by atoms with Crippen LogP contribution in [-0.2, 0) is 14.2 Å². The molecule has 0 amide bonds. The summed E-state index contributed by atoms with van der Waals surface area (Å²) in [6, 6.07) is 0. The molecular weight excluding hydrogens is 276 g/mol. The van der Waals surface area contributed by atoms with Crippen LogP contribution in [0.4, 0.5) is 0 Å². The Balaban J connectivity index is 1.72. The minimum atomic E-state index is 0.392. The fourth-order valence-electron chi connectivity index (χ4n) is 3.65. The van der Waals surface area contributed by atoms with Gasteiger partial charge < -0.3 is 14.2 Å². The Morgan fingerprint density at radius 2 is 1.95 bits per heavy atom. The second-order valence-corrected chi connectivity index (χ2v) is 7.12. The van der Waals surface area contributed by atoms with Crippen LogP contribution in [-0.4, -0.2) is 39.1 Å². The van der Waals surface area contributed by atoms with Gasteiger partial charge in [0.1, 0.15) is 6.10 Å². The van der Waals surface area contributed by atoms with Gasteiger partial charge in [0.2, 0.25) is 0 Å². The van der Waals surface area contributed by atoms with Crippen LogP contribution in [0.15, 0.2) is 12.7 Å². The van der Waals surface area contributed by atoms with Crippen molar-refractivity contribution in [2.24, 2.45) is 17.8 Å². The van der Waals surface area contributed by atoms with Gasteiger partial charge in [0.05, 0.1) is 19.8 Å². The highest BCUT2D eigenvalue weighted by Crippen LogP contribution is 2.32. The zero-order valence-corrected chi connectivity index (χ0v) is 14.3. The molecule has 1 aliphatic carbocycles. The minimum absolute atomic E-state index is 0.392. The molecule has 4 unspecified atom stereocenters. The topological polar surface area (TPSA) is 31.0 Å². The van der Waals surface area contributed by atoms with Crippen LogP contribution in [0.1, 0.15) is 51.9 Å². The van der Waals surface area contributed by atoms with Gasteiger partial charge in [-0.1, -0.05) is 38.7 Å². The molecule has 1 saturated heterocycles. The Bertz CT molecular complexity index is 301. The van der Waals surface area contributed by atoms with Gasteiger partial charge in [0.25, 0.3) is 0 Å². The van der Waals surface area contributed by atoms with E-state index in [1.165, 1.54) is 44.9 Å². The maximum Gasteiger partial charge on any atom is 0.104 e. The Kier molecular flexibility index (Phi) is 8.50. The Morgan fingerprint density at radius 1 is 1.14 bits per heavy atom. The van der Waals surface area contributed by atoms with E-state index in [1.54, 1.807) is 0 Å². The molecule has 0 N–H and O–H groups in total. The summed E-state index contributed by atoms with van der Waals surface area (Å²) in [5, 5.41) is 0. The molecule has 1 heterocycles. The van der Waals surface area contributed by atoms with Gasteiger partial charge in [-0.3, -0.25) is 0 Å². The summed E-state index contributed by atoms with van der Waals surface area (Å²) in [6.45, 7) is 10.3. The van der Waals surface area contributed by atoms with E-state index in [9.17, 15) is 0 Å². The molecule has 22 heavy (non-hydrogen) atoms. The first-order chi connectivity index (χ1) is 10.8. The second-order valence-electron chi connectivity index (χ2n) is 7.12. The number of rotatable bonds is 9. The quantitative estimate of drug-likeness (QED) is 0.363. The van der Waals surface area contributed by atoms with Crippen molar-refractivity contribution in [2.45, 2.75) is 58.0 Å². The highest BCUT2D eigenvalue weighted by molar-refractivity contribution is 4.75. The predicted octanol–water partition coefficient (Wildman–Crippen LogP) is 4.22. The molecule has 0 spiro atoms. The molecule has 3 heteroatoms. The van der Waals surface area contributed by atoms with Gasteiger partial charge in [0, 0.05) is 13.2 Å². The van der Waals surface area contributed by atoms with Gasteiger partial charge in [-0.2, -0.15) is 0 Å². The van der Waals surface area contributed by atoms with Crippen molar-refractivity contribution in [3.63, 3.8) is 0 Å². The molecule has 2 rings (SSSR count). The van der Waals surface area contributed by atoms with E-state index in [0.29, 0.717) is 12.7 Å². The monoisotopic (exact) mass is 310 g/mol. The number of ether oxygens (including phenoxy) is 3. The lowest BCUT2D eigenvalue weighted by Crippen LogP contribution is -2.20. The van der Waals surface area contributed by atoms with Gasteiger partial charge >= 0.3 is 0 Å². The van der Waals surface area contributed by atoms with E-state index in [2.05, 4.69) is 13.5 Å². The Hall–Kier alpha value is -0.380. The number of hydrogen-bond donors (Lipinski definition) is 0. The van der Waals surface area contributed by atoms with E-state index in [0.717, 1.165) is 44.2 Å². The van der Waals surface area contributed by atoms with Crippen LogP contribution < -0.4 is 0 Å². The summed E-state index contributed by atoms with van der Waals surface area (Å²) in [4.78, 5) is 0. The smallest absolute Gasteiger partial charge is 0.104 e. The lowest BCUT2D eigenvalue weighted by molar-refractivity contribution is 0.0690. The fraction of sp³-hybridized carbons (Fsp3) is 0.895. The highest BCUT2D eigenvalue weighted by atomic mass is 16.6. The maximum absolute atomic E-state index is 5.87. The molecule has 2 aliphatic rings. The van der Waals surface area contributed by atoms with Gasteiger partial charge in [-0.15, -0.1) is 6.58 Å². The molecule has 1 aliphatic heterocycles. The van der Waals surface area contributed by atoms with Crippen LogP contribution in [0, 0.1) is 17.8 Å². The summed E-state index contributed by atoms with van der Waals surface area (Å²) in [5.74, 6) is 2.30. The minimum Gasteiger partial charge on any atom is -0.378 e. The van der Waals surface area contributed by atoms with Crippen molar-refractivity contribution in [1.29, 1.82) is 0 Å². The first-order valence-corrected chi connectivity index (χ1v) is 9.17. The molecule has 0 aromatic rings. The molecule has 128 valence electrons. The van der Waals surface area contributed by atoms with Crippen LogP contribution in [0.5, 0.6) is 0 Å². The van der Waals surface area contributed by atoms with Gasteiger partial charge in [-0.05, 0) is 37.0 Å². The summed E-state index contributed by atoms with van der Waals surface area (Å²) in [5.41, 5.74) is 0. The average molecular weight is 310 g/mol. The number of epoxide rings is 1. The molecule has 2 fully saturated rings. The van der Waals surface area contributed by atoms with Gasteiger partial charge in [0.15, 0.2) is 0 Å². The molecule has 0 radical (unpaired) electrons. The molecule has 0 aromatic carbocycles. The molecule has 1 saturated carbocycles. The fourth-order valence-corrected chi connectivity index (χ4v) is 3.65. The highest BCUT2D eigenvalue weighted by Gasteiger charge is 2.25. The summed E-state index contributed by atoms with van der Waals surface area (Å²) in [6.07, 6.45) is 11.5. The van der Waals surface area contributed by atoms with Crippen molar-refractivity contribution < 1.29 is 14.2 Å². The lowest BCUT2D eigenvalue weighted by atomic mass is 9.82. The zero-order chi connectivity index (χ0) is 15.6. The van der Waals surface area contributed by atoms with Crippen molar-refractivity contribution in [2.75, 3.05) is 33.0 Å². The van der Waals surface area contributed by atoms with E-state index >= 15 is 0 Å². The van der Waals surface area contributed by atoms with Crippen molar-refractivity contribution in [1.82, 2.24) is 0 Å². The third-order valence-electron chi connectivity index (χ3n) is 5.13. The second kappa shape index (κ2) is 10.4. The van der Waals surface area contributed by atoms with Crippen molar-refractivity contribution in [3.8, 4) is 0 Å². The van der Waals surface area contributed by atoms with Crippen LogP contribution in [0.3, 0.4) is 0 Å². The van der Waals surface area contributed by atoms with Crippen molar-refractivity contribution >= 4 is 0 Å². The standard InChI is InChI=1S/C19H34O3/c1-3-10-20-11-9-18-8-6-4-5-7-17(12-16(18)2)13-21-14-19-15-22-19/h3,16-19H,1,4-15H2,2H3. The van der Waals surface area contributed by atoms with E-state index in [4.69, 9.17) is 14.2 Å². The average Bonchev–Trinajstić information content (AvgIpc) is 3.31.